The Bertz CT molecular complexity index is 753. The highest BCUT2D eigenvalue weighted by Gasteiger charge is 2.25. The molecule has 3 rings (SSSR count). The fourth-order valence-corrected chi connectivity index (χ4v) is 3.31. The zero-order valence-corrected chi connectivity index (χ0v) is 16.0. The highest BCUT2D eigenvalue weighted by Crippen LogP contribution is 2.26. The molecule has 0 aliphatic carbocycles. The van der Waals surface area contributed by atoms with Gasteiger partial charge in [-0.1, -0.05) is 12.1 Å². The van der Waals surface area contributed by atoms with Gasteiger partial charge in [0.1, 0.15) is 0 Å². The number of carbonyl (C=O) groups is 1. The fraction of sp³-hybridized carbons (Fsp3) is 0.381. The number of nitrogens with zero attached hydrogens (tertiary/aromatic N) is 1. The van der Waals surface area contributed by atoms with E-state index in [1.807, 2.05) is 36.4 Å². The molecule has 0 radical (unpaired) electrons. The van der Waals surface area contributed by atoms with Crippen molar-refractivity contribution in [2.45, 2.75) is 25.9 Å². The lowest BCUT2D eigenvalue weighted by Gasteiger charge is -2.40. The van der Waals surface area contributed by atoms with E-state index in [4.69, 9.17) is 14.2 Å². The largest absolute Gasteiger partial charge is 0.493 e. The van der Waals surface area contributed by atoms with Gasteiger partial charge in [-0.25, -0.2) is 0 Å². The summed E-state index contributed by atoms with van der Waals surface area (Å²) in [5.41, 5.74) is 1.86. The Morgan fingerprint density at radius 2 is 1.70 bits per heavy atom. The first-order valence-corrected chi connectivity index (χ1v) is 9.10. The first-order valence-electron chi connectivity index (χ1n) is 9.10. The minimum Gasteiger partial charge on any atom is -0.493 e. The van der Waals surface area contributed by atoms with Gasteiger partial charge >= 0.3 is 0 Å². The van der Waals surface area contributed by atoms with E-state index in [0.717, 1.165) is 24.6 Å². The summed E-state index contributed by atoms with van der Waals surface area (Å²) < 4.78 is 16.3. The maximum atomic E-state index is 12.2. The number of amides is 1. The third-order valence-corrected chi connectivity index (χ3v) is 4.54. The first kappa shape index (κ1) is 19.0. The van der Waals surface area contributed by atoms with Crippen molar-refractivity contribution in [3.63, 3.8) is 0 Å². The molecule has 2 aromatic carbocycles. The van der Waals surface area contributed by atoms with Crippen LogP contribution in [0.4, 0.5) is 11.4 Å². The molecule has 144 valence electrons. The summed E-state index contributed by atoms with van der Waals surface area (Å²) in [7, 11) is 1.57. The van der Waals surface area contributed by atoms with Crippen molar-refractivity contribution in [2.75, 3.05) is 37.1 Å². The summed E-state index contributed by atoms with van der Waals surface area (Å²) in [6, 6.07) is 15.8. The van der Waals surface area contributed by atoms with Crippen LogP contribution in [0.2, 0.25) is 0 Å². The van der Waals surface area contributed by atoms with Crippen LogP contribution in [-0.4, -0.2) is 44.9 Å². The van der Waals surface area contributed by atoms with Crippen molar-refractivity contribution in [3.8, 4) is 11.5 Å². The predicted molar refractivity (Wildman–Crippen MR) is 106 cm³/mol. The van der Waals surface area contributed by atoms with E-state index in [-0.39, 0.29) is 12.5 Å². The average molecular weight is 370 g/mol. The van der Waals surface area contributed by atoms with Gasteiger partial charge in [0.05, 0.1) is 20.3 Å². The number of benzene rings is 2. The number of anilines is 2. The third-order valence-electron chi connectivity index (χ3n) is 4.54. The molecule has 2 aromatic rings. The van der Waals surface area contributed by atoms with Crippen LogP contribution in [0.1, 0.15) is 13.8 Å². The highest BCUT2D eigenvalue weighted by atomic mass is 16.5. The van der Waals surface area contributed by atoms with Gasteiger partial charge in [0.25, 0.3) is 5.91 Å². The van der Waals surface area contributed by atoms with Gasteiger partial charge in [-0.15, -0.1) is 0 Å². The topological polar surface area (TPSA) is 60.0 Å². The van der Waals surface area contributed by atoms with Crippen molar-refractivity contribution >= 4 is 17.3 Å². The summed E-state index contributed by atoms with van der Waals surface area (Å²) in [4.78, 5) is 14.5. The molecule has 1 heterocycles. The predicted octanol–water partition coefficient (Wildman–Crippen LogP) is 3.33. The molecule has 1 aliphatic rings. The number of ether oxygens (including phenoxy) is 3. The molecule has 1 fully saturated rings. The number of morpholine rings is 1. The normalized spacial score (nSPS) is 19.4. The Morgan fingerprint density at radius 3 is 2.33 bits per heavy atom. The van der Waals surface area contributed by atoms with Gasteiger partial charge < -0.3 is 24.4 Å². The van der Waals surface area contributed by atoms with Crippen LogP contribution in [-0.2, 0) is 9.53 Å². The molecule has 2 atom stereocenters. The van der Waals surface area contributed by atoms with Crippen LogP contribution in [0.5, 0.6) is 11.5 Å². The van der Waals surface area contributed by atoms with Crippen molar-refractivity contribution < 1.29 is 19.0 Å². The van der Waals surface area contributed by atoms with E-state index in [0.29, 0.717) is 23.6 Å². The second-order valence-corrected chi connectivity index (χ2v) is 6.68. The third kappa shape index (κ3) is 4.71. The Labute approximate surface area is 160 Å². The number of carbonyl (C=O) groups excluding carboxylic acids is 1. The fourth-order valence-electron chi connectivity index (χ4n) is 3.31. The van der Waals surface area contributed by atoms with Gasteiger partial charge in [0.2, 0.25) is 0 Å². The molecular formula is C21H26N2O4. The molecule has 1 N–H and O–H groups in total. The van der Waals surface area contributed by atoms with Crippen molar-refractivity contribution in [3.05, 3.63) is 48.5 Å². The number of para-hydroxylation sites is 2. The number of hydrogen-bond acceptors (Lipinski definition) is 5. The van der Waals surface area contributed by atoms with Gasteiger partial charge in [0.15, 0.2) is 18.1 Å². The maximum absolute atomic E-state index is 12.2. The summed E-state index contributed by atoms with van der Waals surface area (Å²) in [6.07, 6.45) is 0. The lowest BCUT2D eigenvalue weighted by atomic mass is 10.1. The summed E-state index contributed by atoms with van der Waals surface area (Å²) in [5, 5.41) is 2.85. The average Bonchev–Trinajstić information content (AvgIpc) is 2.68. The highest BCUT2D eigenvalue weighted by molar-refractivity contribution is 5.92. The van der Waals surface area contributed by atoms with E-state index < -0.39 is 0 Å². The number of rotatable bonds is 6. The Balaban J connectivity index is 1.57. The maximum Gasteiger partial charge on any atom is 0.262 e. The molecule has 27 heavy (non-hydrogen) atoms. The van der Waals surface area contributed by atoms with Crippen molar-refractivity contribution in [1.82, 2.24) is 0 Å². The number of hydrogen-bond donors (Lipinski definition) is 1. The molecule has 0 saturated carbocycles. The Morgan fingerprint density at radius 1 is 1.07 bits per heavy atom. The summed E-state index contributed by atoms with van der Waals surface area (Å²) in [6.45, 7) is 5.67. The van der Waals surface area contributed by atoms with Crippen molar-refractivity contribution in [1.29, 1.82) is 0 Å². The van der Waals surface area contributed by atoms with Crippen LogP contribution in [0.25, 0.3) is 0 Å². The van der Waals surface area contributed by atoms with Gasteiger partial charge in [0, 0.05) is 23.5 Å². The monoisotopic (exact) mass is 370 g/mol. The lowest BCUT2D eigenvalue weighted by Crippen LogP contribution is -2.49. The zero-order valence-electron chi connectivity index (χ0n) is 16.0. The summed E-state index contributed by atoms with van der Waals surface area (Å²) in [5.74, 6) is 0.922. The van der Waals surface area contributed by atoms with E-state index in [2.05, 4.69) is 24.1 Å². The molecule has 6 heteroatoms. The SMILES string of the molecule is COc1ccccc1OCC(=O)Nc1ccc(N2C(C)COCC2C)cc1. The lowest BCUT2D eigenvalue weighted by molar-refractivity contribution is -0.118. The van der Waals surface area contributed by atoms with E-state index in [1.165, 1.54) is 0 Å². The van der Waals surface area contributed by atoms with Crippen LogP contribution in [0.15, 0.2) is 48.5 Å². The van der Waals surface area contributed by atoms with E-state index >= 15 is 0 Å². The molecule has 0 bridgehead atoms. The van der Waals surface area contributed by atoms with Gasteiger partial charge in [-0.3, -0.25) is 4.79 Å². The molecule has 6 nitrogen and oxygen atoms in total. The number of methoxy groups -OCH3 is 1. The first-order chi connectivity index (χ1) is 13.1. The van der Waals surface area contributed by atoms with Crippen LogP contribution >= 0.6 is 0 Å². The molecule has 1 saturated heterocycles. The Hall–Kier alpha value is -2.73. The van der Waals surface area contributed by atoms with Crippen LogP contribution in [0, 0.1) is 0 Å². The molecular weight excluding hydrogens is 344 g/mol. The molecule has 2 unspecified atom stereocenters. The summed E-state index contributed by atoms with van der Waals surface area (Å²) >= 11 is 0. The Kier molecular flexibility index (Phi) is 6.19. The van der Waals surface area contributed by atoms with Gasteiger partial charge in [-0.2, -0.15) is 0 Å². The van der Waals surface area contributed by atoms with Crippen molar-refractivity contribution in [2.24, 2.45) is 0 Å². The number of nitrogens with one attached hydrogen (secondary N) is 1. The van der Waals surface area contributed by atoms with Crippen LogP contribution in [0.3, 0.4) is 0 Å². The smallest absolute Gasteiger partial charge is 0.262 e. The second kappa shape index (κ2) is 8.77. The molecule has 1 amide bonds. The van der Waals surface area contributed by atoms with Crippen LogP contribution < -0.4 is 19.7 Å². The second-order valence-electron chi connectivity index (χ2n) is 6.68. The minimum atomic E-state index is -0.221. The van der Waals surface area contributed by atoms with E-state index in [9.17, 15) is 4.79 Å². The standard InChI is InChI=1S/C21H26N2O4/c1-15-12-26-13-16(2)23(15)18-10-8-17(9-11-18)22-21(24)14-27-20-7-5-4-6-19(20)25-3/h4-11,15-16H,12-14H2,1-3H3,(H,22,24). The minimum absolute atomic E-state index is 0.0837. The molecule has 0 spiro atoms. The molecule has 0 aromatic heterocycles. The quantitative estimate of drug-likeness (QED) is 0.845. The van der Waals surface area contributed by atoms with E-state index in [1.54, 1.807) is 19.2 Å². The van der Waals surface area contributed by atoms with Gasteiger partial charge in [-0.05, 0) is 50.2 Å². The zero-order chi connectivity index (χ0) is 19.2. The molecule has 1 aliphatic heterocycles.